The normalized spacial score (nSPS) is 29.3. The van der Waals surface area contributed by atoms with Crippen LogP contribution in [0.25, 0.3) is 10.9 Å². The van der Waals surface area contributed by atoms with Gasteiger partial charge in [-0.3, -0.25) is 14.6 Å². The third-order valence-electron chi connectivity index (χ3n) is 7.04. The van der Waals surface area contributed by atoms with E-state index in [1.54, 1.807) is 6.20 Å². The van der Waals surface area contributed by atoms with Crippen LogP contribution in [0.1, 0.15) is 40.0 Å². The Morgan fingerprint density at radius 3 is 2.54 bits per heavy atom. The second-order valence-electron chi connectivity index (χ2n) is 8.10. The molecule has 2 atom stereocenters. The minimum Gasteiger partial charge on any atom is -0.423 e. The highest BCUT2D eigenvalue weighted by molar-refractivity contribution is 9.11. The van der Waals surface area contributed by atoms with Gasteiger partial charge in [0.15, 0.2) is 5.75 Å². The lowest BCUT2D eigenvalue weighted by atomic mass is 9.65. The molecule has 0 aliphatic heterocycles. The van der Waals surface area contributed by atoms with E-state index in [-0.39, 0.29) is 18.2 Å². The number of benzene rings is 1. The molecule has 4 nitrogen and oxygen atoms in total. The van der Waals surface area contributed by atoms with Gasteiger partial charge in [-0.1, -0.05) is 42.8 Å². The Kier molecular flexibility index (Phi) is 3.91. The predicted octanol–water partition coefficient (Wildman–Crippen LogP) is 5.45. The van der Waals surface area contributed by atoms with Crippen molar-refractivity contribution in [1.29, 1.82) is 0 Å². The summed E-state index contributed by atoms with van der Waals surface area (Å²) in [6.45, 7) is 6.04. The molecule has 2 aromatic rings. The minimum absolute atomic E-state index is 0.170. The number of aromatic nitrogens is 1. The molecule has 0 radical (unpaired) electrons. The number of nitrogens with zero attached hydrogens (tertiary/aromatic N) is 1. The summed E-state index contributed by atoms with van der Waals surface area (Å²) in [4.78, 5) is 30.4. The van der Waals surface area contributed by atoms with Crippen LogP contribution < -0.4 is 4.74 Å². The van der Waals surface area contributed by atoms with Crippen LogP contribution in [0.3, 0.4) is 0 Å². The van der Waals surface area contributed by atoms with Gasteiger partial charge in [0.2, 0.25) is 0 Å². The second-order valence-corrected chi connectivity index (χ2v) is 9.81. The van der Waals surface area contributed by atoms with Gasteiger partial charge < -0.3 is 4.74 Å². The number of ether oxygens (including phenoxy) is 1. The van der Waals surface area contributed by atoms with Crippen molar-refractivity contribution >= 4 is 54.5 Å². The molecule has 2 aliphatic carbocycles. The topological polar surface area (TPSA) is 56.3 Å². The number of pyridine rings is 1. The summed E-state index contributed by atoms with van der Waals surface area (Å²) >= 11 is 7.02. The van der Waals surface area contributed by atoms with Gasteiger partial charge in [-0.15, -0.1) is 0 Å². The minimum atomic E-state index is -0.771. The summed E-state index contributed by atoms with van der Waals surface area (Å²) in [7, 11) is 0. The molecule has 2 fully saturated rings. The first-order valence-corrected chi connectivity index (χ1v) is 10.2. The maximum Gasteiger partial charge on any atom is 0.318 e. The van der Waals surface area contributed by atoms with Gasteiger partial charge in [0.05, 0.1) is 9.89 Å². The number of esters is 1. The molecule has 26 heavy (non-hydrogen) atoms. The van der Waals surface area contributed by atoms with Gasteiger partial charge in [0.1, 0.15) is 11.3 Å². The number of ketones is 1. The fourth-order valence-electron chi connectivity index (χ4n) is 4.75. The lowest BCUT2D eigenvalue weighted by Crippen LogP contribution is -2.42. The van der Waals surface area contributed by atoms with E-state index in [2.05, 4.69) is 36.8 Å². The van der Waals surface area contributed by atoms with E-state index < -0.39 is 16.2 Å². The zero-order valence-corrected chi connectivity index (χ0v) is 18.0. The first-order chi connectivity index (χ1) is 12.1. The van der Waals surface area contributed by atoms with Crippen LogP contribution in [0, 0.1) is 16.2 Å². The van der Waals surface area contributed by atoms with Gasteiger partial charge in [-0.05, 0) is 46.3 Å². The van der Waals surface area contributed by atoms with E-state index in [0.29, 0.717) is 22.2 Å². The van der Waals surface area contributed by atoms with Gasteiger partial charge >= 0.3 is 5.97 Å². The number of carbonyl (C=O) groups is 2. The van der Waals surface area contributed by atoms with Gasteiger partial charge in [0.25, 0.3) is 0 Å². The summed E-state index contributed by atoms with van der Waals surface area (Å²) in [6, 6.07) is 5.62. The molecule has 2 saturated carbocycles. The summed E-state index contributed by atoms with van der Waals surface area (Å²) in [5.41, 5.74) is -1.05. The highest BCUT2D eigenvalue weighted by Gasteiger charge is 2.73. The second kappa shape index (κ2) is 5.61. The fourth-order valence-corrected chi connectivity index (χ4v) is 6.10. The number of rotatable bonds is 2. The number of Topliss-reactive ketones (excluding diaryl/α,β-unsaturated/α-hetero) is 1. The average molecular weight is 481 g/mol. The van der Waals surface area contributed by atoms with Crippen molar-refractivity contribution in [2.45, 2.75) is 40.0 Å². The van der Waals surface area contributed by atoms with E-state index in [9.17, 15) is 9.59 Å². The molecule has 4 rings (SSSR count). The third-order valence-corrected chi connectivity index (χ3v) is 8.29. The Balaban J connectivity index is 1.79. The molecule has 0 N–H and O–H groups in total. The molecule has 1 heterocycles. The maximum absolute atomic E-state index is 13.3. The first-order valence-electron chi connectivity index (χ1n) is 8.62. The van der Waals surface area contributed by atoms with E-state index >= 15 is 0 Å². The van der Waals surface area contributed by atoms with Crippen molar-refractivity contribution < 1.29 is 14.3 Å². The molecule has 0 spiro atoms. The van der Waals surface area contributed by atoms with Crippen LogP contribution in [-0.2, 0) is 9.59 Å². The molecule has 2 aliphatic rings. The van der Waals surface area contributed by atoms with E-state index in [0.717, 1.165) is 16.3 Å². The van der Waals surface area contributed by atoms with Crippen molar-refractivity contribution in [2.75, 3.05) is 0 Å². The largest absolute Gasteiger partial charge is 0.423 e. The molecule has 0 amide bonds. The Morgan fingerprint density at radius 1 is 1.19 bits per heavy atom. The number of hydrogen-bond acceptors (Lipinski definition) is 4. The summed E-state index contributed by atoms with van der Waals surface area (Å²) < 4.78 is 7.45. The highest BCUT2D eigenvalue weighted by Crippen LogP contribution is 2.70. The standard InChI is InChI=1S/C20H19Br2NO3/c1-18(2)19(3)6-7-20(18,10-14(19)24)17(25)26-16-13(22)9-12(21)11-5-4-8-23-15(11)16/h4-5,8-9H,6-7,10H2,1-3H3. The Bertz CT molecular complexity index is 971. The number of halogens is 2. The molecule has 0 saturated heterocycles. The molecular formula is C20H19Br2NO3. The molecular weight excluding hydrogens is 462 g/mol. The predicted molar refractivity (Wildman–Crippen MR) is 106 cm³/mol. The maximum atomic E-state index is 13.3. The average Bonchev–Trinajstić information content (AvgIpc) is 2.89. The molecule has 2 bridgehead atoms. The smallest absolute Gasteiger partial charge is 0.318 e. The van der Waals surface area contributed by atoms with Crippen LogP contribution in [0.15, 0.2) is 33.3 Å². The Morgan fingerprint density at radius 2 is 1.92 bits per heavy atom. The first kappa shape index (κ1) is 18.1. The van der Waals surface area contributed by atoms with E-state index in [1.165, 1.54) is 0 Å². The van der Waals surface area contributed by atoms with Crippen LogP contribution >= 0.6 is 31.9 Å². The molecule has 1 aromatic heterocycles. The fraction of sp³-hybridized carbons (Fsp3) is 0.450. The van der Waals surface area contributed by atoms with Crippen molar-refractivity contribution in [3.63, 3.8) is 0 Å². The van der Waals surface area contributed by atoms with E-state index in [4.69, 9.17) is 4.74 Å². The van der Waals surface area contributed by atoms with Crippen LogP contribution in [0.2, 0.25) is 0 Å². The summed E-state index contributed by atoms with van der Waals surface area (Å²) in [5, 5.41) is 0.869. The molecule has 1 aromatic carbocycles. The summed E-state index contributed by atoms with van der Waals surface area (Å²) in [6.07, 6.45) is 3.34. The lowest BCUT2D eigenvalue weighted by molar-refractivity contribution is -0.151. The zero-order chi connectivity index (χ0) is 18.9. The zero-order valence-electron chi connectivity index (χ0n) is 14.9. The van der Waals surface area contributed by atoms with Gasteiger partial charge in [-0.25, -0.2) is 0 Å². The molecule has 2 unspecified atom stereocenters. The number of fused-ring (bicyclic) bond motifs is 3. The van der Waals surface area contributed by atoms with Crippen molar-refractivity contribution in [3.05, 3.63) is 33.3 Å². The van der Waals surface area contributed by atoms with Crippen molar-refractivity contribution in [1.82, 2.24) is 4.98 Å². The monoisotopic (exact) mass is 479 g/mol. The molecule has 6 heteroatoms. The van der Waals surface area contributed by atoms with Crippen molar-refractivity contribution in [3.8, 4) is 5.75 Å². The SMILES string of the molecule is CC12CCC(C(=O)Oc3c(Br)cc(Br)c4cccnc34)(CC1=O)C2(C)C. The molecule has 136 valence electrons. The van der Waals surface area contributed by atoms with Crippen LogP contribution in [0.5, 0.6) is 5.75 Å². The Hall–Kier alpha value is -1.27. The number of hydrogen-bond donors (Lipinski definition) is 0. The summed E-state index contributed by atoms with van der Waals surface area (Å²) in [5.74, 6) is 0.252. The van der Waals surface area contributed by atoms with Gasteiger partial charge in [-0.2, -0.15) is 0 Å². The highest BCUT2D eigenvalue weighted by atomic mass is 79.9. The van der Waals surface area contributed by atoms with Crippen molar-refractivity contribution in [2.24, 2.45) is 16.2 Å². The van der Waals surface area contributed by atoms with Crippen LogP contribution in [0.4, 0.5) is 0 Å². The lowest BCUT2D eigenvalue weighted by Gasteiger charge is -2.37. The van der Waals surface area contributed by atoms with Crippen LogP contribution in [-0.4, -0.2) is 16.7 Å². The number of carbonyl (C=O) groups excluding carboxylic acids is 2. The quantitative estimate of drug-likeness (QED) is 0.423. The Labute approximate surface area is 169 Å². The van der Waals surface area contributed by atoms with Gasteiger partial charge in [0, 0.05) is 27.9 Å². The van der Waals surface area contributed by atoms with E-state index in [1.807, 2.05) is 39.0 Å². The third kappa shape index (κ3) is 2.09.